The maximum atomic E-state index is 13.6. The van der Waals surface area contributed by atoms with E-state index in [9.17, 15) is 23.1 Å². The number of likely N-dealkylation sites (N-methyl/N-ethyl adjacent to an activating group) is 1. The van der Waals surface area contributed by atoms with Crippen molar-refractivity contribution in [1.82, 2.24) is 29.9 Å². The van der Waals surface area contributed by atoms with E-state index < -0.39 is 39.2 Å². The monoisotopic (exact) mass is 470 g/mol. The summed E-state index contributed by atoms with van der Waals surface area (Å²) in [7, 11) is -1.97. The van der Waals surface area contributed by atoms with Crippen molar-refractivity contribution < 1.29 is 23.1 Å². The van der Waals surface area contributed by atoms with E-state index in [4.69, 9.17) is 0 Å². The Balaban J connectivity index is 1.90. The standard InChI is InChI=1S/C20H34N6O5S/c1-19(2,3)16(18(29)25-10-12(27)9-14(25)17(28)21-6)26-11-15(22-24-26)20(4,5)23-32(30,31)13-7-8-13/h11-14,16,23,27H,7-10H2,1-6H3,(H,21,28)/t12?,14-,16?/m1/s1. The predicted molar refractivity (Wildman–Crippen MR) is 117 cm³/mol. The van der Waals surface area contributed by atoms with E-state index in [0.717, 1.165) is 0 Å². The van der Waals surface area contributed by atoms with Gasteiger partial charge in [0.05, 0.1) is 23.1 Å². The topological polar surface area (TPSA) is 147 Å². The van der Waals surface area contributed by atoms with Gasteiger partial charge in [-0.3, -0.25) is 9.59 Å². The molecule has 2 heterocycles. The molecule has 2 fully saturated rings. The van der Waals surface area contributed by atoms with Gasteiger partial charge in [0.2, 0.25) is 21.8 Å². The summed E-state index contributed by atoms with van der Waals surface area (Å²) in [5.41, 5.74) is -1.23. The van der Waals surface area contributed by atoms with E-state index in [1.54, 1.807) is 20.0 Å². The van der Waals surface area contributed by atoms with Crippen LogP contribution in [0.3, 0.4) is 0 Å². The third-order valence-electron chi connectivity index (χ3n) is 5.94. The van der Waals surface area contributed by atoms with Crippen LogP contribution in [0.5, 0.6) is 0 Å². The quantitative estimate of drug-likeness (QED) is 0.504. The summed E-state index contributed by atoms with van der Waals surface area (Å²) in [6.07, 6.45) is 2.24. The normalized spacial score (nSPS) is 23.3. The zero-order chi connectivity index (χ0) is 24.1. The second-order valence-corrected chi connectivity index (χ2v) is 12.3. The van der Waals surface area contributed by atoms with Gasteiger partial charge in [-0.15, -0.1) is 5.10 Å². The number of aliphatic hydroxyl groups excluding tert-OH is 1. The Labute approximate surface area is 189 Å². The number of aromatic nitrogens is 3. The lowest BCUT2D eigenvalue weighted by Crippen LogP contribution is -2.49. The van der Waals surface area contributed by atoms with Crippen molar-refractivity contribution in [3.8, 4) is 0 Å². The molecule has 0 aromatic carbocycles. The number of carbonyl (C=O) groups excluding carboxylic acids is 2. The maximum Gasteiger partial charge on any atom is 0.248 e. The summed E-state index contributed by atoms with van der Waals surface area (Å²) in [4.78, 5) is 27.3. The van der Waals surface area contributed by atoms with E-state index in [0.29, 0.717) is 18.5 Å². The number of nitrogens with zero attached hydrogens (tertiary/aromatic N) is 4. The molecule has 0 bridgehead atoms. The molecule has 3 N–H and O–H groups in total. The molecule has 2 amide bonds. The Bertz CT molecular complexity index is 979. The molecule has 1 aliphatic heterocycles. The molecule has 1 saturated carbocycles. The highest BCUT2D eigenvalue weighted by molar-refractivity contribution is 7.90. The van der Waals surface area contributed by atoms with Gasteiger partial charge < -0.3 is 15.3 Å². The van der Waals surface area contributed by atoms with Crippen molar-refractivity contribution in [3.63, 3.8) is 0 Å². The first-order valence-corrected chi connectivity index (χ1v) is 12.4. The van der Waals surface area contributed by atoms with Gasteiger partial charge in [-0.1, -0.05) is 26.0 Å². The third-order valence-corrected chi connectivity index (χ3v) is 8.09. The molecule has 1 aliphatic carbocycles. The number of nitrogens with one attached hydrogen (secondary N) is 2. The van der Waals surface area contributed by atoms with E-state index in [1.807, 2.05) is 20.8 Å². The average molecular weight is 471 g/mol. The lowest BCUT2D eigenvalue weighted by molar-refractivity contribution is -0.144. The number of likely N-dealkylation sites (tertiary alicyclic amines) is 1. The molecular weight excluding hydrogens is 436 g/mol. The molecule has 32 heavy (non-hydrogen) atoms. The molecule has 3 rings (SSSR count). The molecule has 1 aromatic heterocycles. The number of β-amino-alcohol motifs (C(OH)–C–C–N with tert-alkyl or cyclic N) is 1. The highest BCUT2D eigenvalue weighted by Gasteiger charge is 2.46. The van der Waals surface area contributed by atoms with Gasteiger partial charge in [0.1, 0.15) is 17.8 Å². The largest absolute Gasteiger partial charge is 0.391 e. The van der Waals surface area contributed by atoms with Crippen LogP contribution >= 0.6 is 0 Å². The van der Waals surface area contributed by atoms with Crippen LogP contribution in [0.4, 0.5) is 0 Å². The Morgan fingerprint density at radius 1 is 1.22 bits per heavy atom. The molecule has 12 heteroatoms. The summed E-state index contributed by atoms with van der Waals surface area (Å²) < 4.78 is 29.0. The molecule has 2 aliphatic rings. The summed E-state index contributed by atoms with van der Waals surface area (Å²) in [5.74, 6) is -0.687. The molecule has 1 aromatic rings. The number of amides is 2. The molecule has 3 atom stereocenters. The molecular formula is C20H34N6O5S. The molecule has 2 unspecified atom stereocenters. The van der Waals surface area contributed by atoms with E-state index in [2.05, 4.69) is 20.4 Å². The van der Waals surface area contributed by atoms with Crippen molar-refractivity contribution in [2.75, 3.05) is 13.6 Å². The molecule has 0 spiro atoms. The summed E-state index contributed by atoms with van der Waals surface area (Å²) in [6.45, 7) is 9.08. The Hall–Kier alpha value is -2.05. The van der Waals surface area contributed by atoms with Crippen LogP contribution < -0.4 is 10.0 Å². The second kappa shape index (κ2) is 8.38. The van der Waals surface area contributed by atoms with Crippen LogP contribution in [-0.2, 0) is 25.2 Å². The molecule has 11 nitrogen and oxygen atoms in total. The van der Waals surface area contributed by atoms with Gasteiger partial charge in [0, 0.05) is 20.0 Å². The van der Waals surface area contributed by atoms with Crippen molar-refractivity contribution in [2.24, 2.45) is 5.41 Å². The first-order valence-electron chi connectivity index (χ1n) is 10.8. The molecule has 180 valence electrons. The first-order chi connectivity index (χ1) is 14.7. The first kappa shape index (κ1) is 24.6. The van der Waals surface area contributed by atoms with Crippen molar-refractivity contribution in [2.45, 2.75) is 82.9 Å². The minimum absolute atomic E-state index is 0.0533. The van der Waals surface area contributed by atoms with E-state index in [1.165, 1.54) is 16.6 Å². The maximum absolute atomic E-state index is 13.6. The predicted octanol–water partition coefficient (Wildman–Crippen LogP) is -0.110. The van der Waals surface area contributed by atoms with Crippen LogP contribution in [0.2, 0.25) is 0 Å². The van der Waals surface area contributed by atoms with Gasteiger partial charge in [-0.2, -0.15) is 0 Å². The minimum atomic E-state index is -3.46. The average Bonchev–Trinajstić information content (AvgIpc) is 3.30. The second-order valence-electron chi connectivity index (χ2n) is 10.3. The fourth-order valence-corrected chi connectivity index (χ4v) is 5.81. The third kappa shape index (κ3) is 4.96. The number of rotatable bonds is 7. The lowest BCUT2D eigenvalue weighted by Gasteiger charge is -2.34. The summed E-state index contributed by atoms with van der Waals surface area (Å²) in [5, 5.41) is 20.6. The smallest absolute Gasteiger partial charge is 0.248 e. The van der Waals surface area contributed by atoms with Crippen LogP contribution in [0.15, 0.2) is 6.20 Å². The molecule has 1 saturated heterocycles. The van der Waals surface area contributed by atoms with Gasteiger partial charge in [-0.25, -0.2) is 17.8 Å². The lowest BCUT2D eigenvalue weighted by atomic mass is 9.85. The van der Waals surface area contributed by atoms with Gasteiger partial charge in [0.25, 0.3) is 0 Å². The van der Waals surface area contributed by atoms with E-state index >= 15 is 0 Å². The van der Waals surface area contributed by atoms with Crippen molar-refractivity contribution in [3.05, 3.63) is 11.9 Å². The number of aliphatic hydroxyl groups is 1. The van der Waals surface area contributed by atoms with Crippen LogP contribution in [0, 0.1) is 5.41 Å². The summed E-state index contributed by atoms with van der Waals surface area (Å²) in [6, 6.07) is -1.57. The van der Waals surface area contributed by atoms with Gasteiger partial charge in [0.15, 0.2) is 0 Å². The van der Waals surface area contributed by atoms with Gasteiger partial charge >= 0.3 is 0 Å². The van der Waals surface area contributed by atoms with E-state index in [-0.39, 0.29) is 30.0 Å². The summed E-state index contributed by atoms with van der Waals surface area (Å²) >= 11 is 0. The highest BCUT2D eigenvalue weighted by atomic mass is 32.2. The minimum Gasteiger partial charge on any atom is -0.391 e. The molecule has 0 radical (unpaired) electrons. The zero-order valence-corrected chi connectivity index (χ0v) is 20.3. The SMILES string of the molecule is CNC(=O)[C@H]1CC(O)CN1C(=O)C(n1cc(C(C)(C)NS(=O)(=O)C2CC2)nn1)C(C)(C)C. The number of sulfonamides is 1. The number of hydrogen-bond acceptors (Lipinski definition) is 7. The van der Waals surface area contributed by atoms with Crippen molar-refractivity contribution >= 4 is 21.8 Å². The van der Waals surface area contributed by atoms with Crippen molar-refractivity contribution in [1.29, 1.82) is 0 Å². The zero-order valence-electron chi connectivity index (χ0n) is 19.5. The fourth-order valence-electron chi connectivity index (χ4n) is 4.07. The number of carbonyl (C=O) groups is 2. The van der Waals surface area contributed by atoms with Crippen LogP contribution in [0.25, 0.3) is 0 Å². The van der Waals surface area contributed by atoms with Crippen LogP contribution in [-0.4, -0.2) is 76.2 Å². The fraction of sp³-hybridized carbons (Fsp3) is 0.800. The number of hydrogen-bond donors (Lipinski definition) is 3. The van der Waals surface area contributed by atoms with Gasteiger partial charge in [-0.05, 0) is 32.1 Å². The Morgan fingerprint density at radius 3 is 2.38 bits per heavy atom. The van der Waals surface area contributed by atoms with Crippen LogP contribution in [0.1, 0.15) is 65.6 Å². The Kier molecular flexibility index (Phi) is 6.44. The Morgan fingerprint density at radius 2 is 1.84 bits per heavy atom. The highest BCUT2D eigenvalue weighted by Crippen LogP contribution is 2.35.